The molecule has 0 saturated heterocycles. The lowest BCUT2D eigenvalue weighted by Gasteiger charge is -2.13. The topological polar surface area (TPSA) is 99.8 Å². The lowest BCUT2D eigenvalue weighted by molar-refractivity contribution is 0.111. The van der Waals surface area contributed by atoms with E-state index in [-0.39, 0.29) is 5.82 Å². The number of pyridine rings is 2. The van der Waals surface area contributed by atoms with Crippen LogP contribution in [0.3, 0.4) is 0 Å². The Balaban J connectivity index is 0.000000178. The van der Waals surface area contributed by atoms with Gasteiger partial charge in [-0.2, -0.15) is 5.10 Å². The van der Waals surface area contributed by atoms with E-state index < -0.39 is 0 Å². The second kappa shape index (κ2) is 13.7. The van der Waals surface area contributed by atoms with Crippen LogP contribution < -0.4 is 5.32 Å². The third-order valence-electron chi connectivity index (χ3n) is 6.13. The largest absolute Gasteiger partial charge is 0.373 e. The van der Waals surface area contributed by atoms with Crippen molar-refractivity contribution in [3.05, 3.63) is 72.5 Å². The number of unbranched alkanes of at least 4 members (excludes halogenated alkanes) is 1. The number of aromatic nitrogens is 6. The van der Waals surface area contributed by atoms with Gasteiger partial charge in [-0.15, -0.1) is 0 Å². The number of hydrogen-bond donors (Lipinski definition) is 1. The van der Waals surface area contributed by atoms with Crippen molar-refractivity contribution < 1.29 is 13.9 Å². The molecule has 0 spiro atoms. The second-order valence-electron chi connectivity index (χ2n) is 9.17. The van der Waals surface area contributed by atoms with Gasteiger partial charge in [-0.3, -0.25) is 19.4 Å². The number of carbonyl (C=O) groups is 1. The van der Waals surface area contributed by atoms with E-state index in [4.69, 9.17) is 4.74 Å². The molecule has 5 rings (SSSR count). The van der Waals surface area contributed by atoms with E-state index in [0.717, 1.165) is 67.4 Å². The van der Waals surface area contributed by atoms with E-state index in [0.29, 0.717) is 18.3 Å². The van der Waals surface area contributed by atoms with Crippen LogP contribution in [0.5, 0.6) is 0 Å². The molecule has 1 N–H and O–H groups in total. The molecule has 0 amide bonds. The maximum absolute atomic E-state index is 12.8. The molecule has 0 aromatic carbocycles. The van der Waals surface area contributed by atoms with Gasteiger partial charge in [0.05, 0.1) is 36.0 Å². The van der Waals surface area contributed by atoms with E-state index in [1.165, 1.54) is 25.1 Å². The van der Waals surface area contributed by atoms with Crippen molar-refractivity contribution in [3.63, 3.8) is 0 Å². The minimum atomic E-state index is -0.324. The summed E-state index contributed by atoms with van der Waals surface area (Å²) >= 11 is 0. The summed E-state index contributed by atoms with van der Waals surface area (Å²) in [7, 11) is 0. The number of rotatable bonds is 9. The molecule has 0 fully saturated rings. The van der Waals surface area contributed by atoms with Crippen molar-refractivity contribution in [2.75, 3.05) is 13.2 Å². The van der Waals surface area contributed by atoms with Crippen LogP contribution in [0.25, 0.3) is 22.6 Å². The van der Waals surface area contributed by atoms with Gasteiger partial charge in [-0.25, -0.2) is 9.37 Å². The molecule has 4 aromatic heterocycles. The van der Waals surface area contributed by atoms with Crippen LogP contribution in [0.15, 0.2) is 55.1 Å². The predicted octanol–water partition coefficient (Wildman–Crippen LogP) is 4.54. The highest BCUT2D eigenvalue weighted by Crippen LogP contribution is 2.24. The van der Waals surface area contributed by atoms with Gasteiger partial charge in [0.15, 0.2) is 6.29 Å². The smallest absolute Gasteiger partial charge is 0.170 e. The fourth-order valence-corrected chi connectivity index (χ4v) is 4.23. The van der Waals surface area contributed by atoms with Gasteiger partial charge in [0, 0.05) is 37.2 Å². The van der Waals surface area contributed by atoms with Crippen molar-refractivity contribution >= 4 is 6.29 Å². The molecule has 1 atom stereocenters. The Bertz CT molecular complexity index is 1290. The lowest BCUT2D eigenvalue weighted by Crippen LogP contribution is -2.31. The molecule has 0 unspecified atom stereocenters. The minimum absolute atomic E-state index is 0.324. The molecule has 10 heteroatoms. The van der Waals surface area contributed by atoms with Crippen molar-refractivity contribution in [2.45, 2.75) is 58.8 Å². The van der Waals surface area contributed by atoms with E-state index in [2.05, 4.69) is 39.2 Å². The normalized spacial score (nSPS) is 13.7. The summed E-state index contributed by atoms with van der Waals surface area (Å²) in [5.74, 6) is 0.477. The summed E-state index contributed by atoms with van der Waals surface area (Å²) in [4.78, 5) is 23.9. The monoisotopic (exact) mass is 519 g/mol. The first kappa shape index (κ1) is 27.3. The molecule has 200 valence electrons. The van der Waals surface area contributed by atoms with E-state index in [9.17, 15) is 9.18 Å². The Hall–Kier alpha value is -3.76. The van der Waals surface area contributed by atoms with E-state index >= 15 is 0 Å². The van der Waals surface area contributed by atoms with Crippen LogP contribution in [0.2, 0.25) is 0 Å². The molecule has 5 heterocycles. The first-order chi connectivity index (χ1) is 18.6. The third kappa shape index (κ3) is 7.17. The van der Waals surface area contributed by atoms with Gasteiger partial charge in [0.25, 0.3) is 0 Å². The second-order valence-corrected chi connectivity index (χ2v) is 9.17. The maximum atomic E-state index is 12.8. The molecule has 4 aromatic rings. The molecule has 9 nitrogen and oxygen atoms in total. The third-order valence-corrected chi connectivity index (χ3v) is 6.13. The summed E-state index contributed by atoms with van der Waals surface area (Å²) < 4.78 is 22.2. The zero-order chi connectivity index (χ0) is 26.7. The quantitative estimate of drug-likeness (QED) is 0.256. The average molecular weight is 520 g/mol. The van der Waals surface area contributed by atoms with Crippen LogP contribution in [0.1, 0.15) is 49.4 Å². The zero-order valence-electron chi connectivity index (χ0n) is 21.9. The Morgan fingerprint density at radius 1 is 1.18 bits per heavy atom. The summed E-state index contributed by atoms with van der Waals surface area (Å²) in [5, 5.41) is 7.79. The molecular formula is C28H34FN7O2. The summed E-state index contributed by atoms with van der Waals surface area (Å²) in [6.45, 7) is 8.16. The highest BCUT2D eigenvalue weighted by atomic mass is 19.1. The zero-order valence-corrected chi connectivity index (χ0v) is 21.9. The van der Waals surface area contributed by atoms with E-state index in [1.807, 2.05) is 33.6 Å². The molecule has 38 heavy (non-hydrogen) atoms. The predicted molar refractivity (Wildman–Crippen MR) is 143 cm³/mol. The minimum Gasteiger partial charge on any atom is -0.373 e. The van der Waals surface area contributed by atoms with Gasteiger partial charge < -0.3 is 14.6 Å². The lowest BCUT2D eigenvalue weighted by atomic mass is 10.2. The van der Waals surface area contributed by atoms with Gasteiger partial charge in [-0.1, -0.05) is 19.4 Å². The number of halogens is 1. The number of hydrogen-bond acceptors (Lipinski definition) is 7. The summed E-state index contributed by atoms with van der Waals surface area (Å²) in [5.41, 5.74) is 3.66. The highest BCUT2D eigenvalue weighted by molar-refractivity contribution is 5.83. The van der Waals surface area contributed by atoms with Gasteiger partial charge in [0.1, 0.15) is 23.9 Å². The van der Waals surface area contributed by atoms with Crippen LogP contribution >= 0.6 is 0 Å². The molecule has 1 aliphatic heterocycles. The number of fused-ring (bicyclic) bond motifs is 1. The fourth-order valence-electron chi connectivity index (χ4n) is 4.23. The van der Waals surface area contributed by atoms with Crippen LogP contribution in [-0.4, -0.2) is 54.8 Å². The molecule has 0 aliphatic carbocycles. The number of imidazole rings is 1. The van der Waals surface area contributed by atoms with Gasteiger partial charge in [-0.05, 0) is 50.6 Å². The fraction of sp³-hybridized carbons (Fsp3) is 0.393. The molecular weight excluding hydrogens is 485 g/mol. The standard InChI is InChI=1S/C15H21FN4.C13H13N3O2/c1-3-4-7-17-12(2)10-20-11-13(8-19-20)15-6-5-14(16)9-18-15;17-8-11-13(10-4-1-2-5-14-10)16-6-3-7-18-9-12(16)15-11/h5-6,8-9,11-12,17H,3-4,7,10H2,1-2H3;1-2,4-5,8H,3,6-7,9H2/t12-;/m0./s1. The van der Waals surface area contributed by atoms with Crippen LogP contribution in [0, 0.1) is 5.82 Å². The maximum Gasteiger partial charge on any atom is 0.170 e. The van der Waals surface area contributed by atoms with Crippen molar-refractivity contribution in [2.24, 2.45) is 0 Å². The molecule has 0 saturated carbocycles. The Kier molecular flexibility index (Phi) is 9.83. The first-order valence-corrected chi connectivity index (χ1v) is 13.0. The van der Waals surface area contributed by atoms with Crippen LogP contribution in [0.4, 0.5) is 4.39 Å². The number of ether oxygens (including phenoxy) is 1. The average Bonchev–Trinajstić information content (AvgIpc) is 3.47. The number of nitrogens with zero attached hydrogens (tertiary/aromatic N) is 6. The van der Waals surface area contributed by atoms with Crippen molar-refractivity contribution in [1.29, 1.82) is 0 Å². The molecule has 0 radical (unpaired) electrons. The van der Waals surface area contributed by atoms with Crippen molar-refractivity contribution in [1.82, 2.24) is 34.6 Å². The number of carbonyl (C=O) groups excluding carboxylic acids is 1. The Morgan fingerprint density at radius 3 is 2.82 bits per heavy atom. The van der Waals surface area contributed by atoms with Crippen molar-refractivity contribution in [3.8, 4) is 22.6 Å². The molecule has 1 aliphatic rings. The summed E-state index contributed by atoms with van der Waals surface area (Å²) in [6, 6.07) is 9.10. The first-order valence-electron chi connectivity index (χ1n) is 13.0. The van der Waals surface area contributed by atoms with Gasteiger partial charge in [0.2, 0.25) is 0 Å². The van der Waals surface area contributed by atoms with Gasteiger partial charge >= 0.3 is 0 Å². The number of aldehydes is 1. The highest BCUT2D eigenvalue weighted by Gasteiger charge is 2.20. The number of nitrogens with one attached hydrogen (secondary N) is 1. The Labute approximate surface area is 222 Å². The SMILES string of the molecule is CCCCN[C@@H](C)Cn1cc(-c2ccc(F)cn2)cn1.O=Cc1nc2n(c1-c1ccccn1)CCCOC2. The summed E-state index contributed by atoms with van der Waals surface area (Å²) in [6.07, 6.45) is 10.7. The van der Waals surface area contributed by atoms with Crippen LogP contribution in [-0.2, 0) is 24.4 Å². The Morgan fingerprint density at radius 2 is 2.08 bits per heavy atom. The molecule has 0 bridgehead atoms. The van der Waals surface area contributed by atoms with E-state index in [1.54, 1.807) is 18.5 Å².